The summed E-state index contributed by atoms with van der Waals surface area (Å²) in [6.45, 7) is 4.08. The number of aryl methyl sites for hydroxylation is 2. The van der Waals surface area contributed by atoms with E-state index < -0.39 is 0 Å². The van der Waals surface area contributed by atoms with Crippen LogP contribution in [0.2, 0.25) is 0 Å². The number of hydrogen-bond acceptors (Lipinski definition) is 3. The second-order valence-corrected chi connectivity index (χ2v) is 8.74. The van der Waals surface area contributed by atoms with E-state index in [9.17, 15) is 0 Å². The van der Waals surface area contributed by atoms with Gasteiger partial charge in [0.15, 0.2) is 0 Å². The topological polar surface area (TPSA) is 49.6 Å². The molecule has 0 aliphatic carbocycles. The average Bonchev–Trinajstić information content (AvgIpc) is 2.61. The molecule has 0 bridgehead atoms. The van der Waals surface area contributed by atoms with Crippen molar-refractivity contribution in [2.24, 2.45) is 0 Å². The SMILES string of the molecule is Cc1cccc(-c2nc(C)nc3ccc(C4CCS(=N)CC4)cc23)c1. The summed E-state index contributed by atoms with van der Waals surface area (Å²) in [5.74, 6) is 3.47. The normalized spacial score (nSPS) is 20.7. The number of nitrogens with zero attached hydrogens (tertiary/aromatic N) is 2. The van der Waals surface area contributed by atoms with Gasteiger partial charge < -0.3 is 0 Å². The zero-order valence-corrected chi connectivity index (χ0v) is 15.6. The standard InChI is InChI=1S/C21H23N3S/c1-14-4-3-5-18(12-14)21-19-13-17(16-8-10-25(22)11-9-16)6-7-20(19)23-15(2)24-21/h3-7,12-13,16,22H,8-11H2,1-2H3. The first-order valence-corrected chi connectivity index (χ1v) is 10.4. The fraction of sp³-hybridized carbons (Fsp3) is 0.333. The maximum Gasteiger partial charge on any atom is 0.126 e. The van der Waals surface area contributed by atoms with Gasteiger partial charge >= 0.3 is 0 Å². The van der Waals surface area contributed by atoms with Gasteiger partial charge in [0.25, 0.3) is 0 Å². The van der Waals surface area contributed by atoms with Crippen molar-refractivity contribution in [2.45, 2.75) is 32.6 Å². The Bertz CT molecular complexity index is 955. The molecule has 1 aliphatic rings. The van der Waals surface area contributed by atoms with E-state index in [1.165, 1.54) is 11.1 Å². The van der Waals surface area contributed by atoms with Crippen LogP contribution in [0.15, 0.2) is 42.5 Å². The number of benzene rings is 2. The van der Waals surface area contributed by atoms with Gasteiger partial charge in [0.1, 0.15) is 5.82 Å². The van der Waals surface area contributed by atoms with E-state index in [4.69, 9.17) is 9.76 Å². The molecule has 0 spiro atoms. The third kappa shape index (κ3) is 3.36. The van der Waals surface area contributed by atoms with E-state index in [0.29, 0.717) is 5.92 Å². The molecule has 128 valence electrons. The Labute approximate surface area is 151 Å². The molecule has 0 unspecified atom stereocenters. The van der Waals surface area contributed by atoms with Crippen molar-refractivity contribution in [3.8, 4) is 11.3 Å². The van der Waals surface area contributed by atoms with Crippen LogP contribution in [0.4, 0.5) is 0 Å². The molecule has 1 aliphatic heterocycles. The molecule has 2 heterocycles. The summed E-state index contributed by atoms with van der Waals surface area (Å²) in [5.41, 5.74) is 5.83. The first-order chi connectivity index (χ1) is 12.1. The van der Waals surface area contributed by atoms with Crippen LogP contribution >= 0.6 is 0 Å². The lowest BCUT2D eigenvalue weighted by Crippen LogP contribution is -2.16. The van der Waals surface area contributed by atoms with Crippen molar-refractivity contribution >= 4 is 21.6 Å². The highest BCUT2D eigenvalue weighted by atomic mass is 32.2. The Morgan fingerprint density at radius 2 is 1.80 bits per heavy atom. The molecular weight excluding hydrogens is 326 g/mol. The minimum absolute atomic E-state index is 0.126. The second kappa shape index (κ2) is 6.68. The van der Waals surface area contributed by atoms with Crippen LogP contribution in [0.3, 0.4) is 0 Å². The quantitative estimate of drug-likeness (QED) is 0.694. The molecule has 3 aromatic rings. The van der Waals surface area contributed by atoms with Gasteiger partial charge in [0, 0.05) is 22.5 Å². The third-order valence-electron chi connectivity index (χ3n) is 5.02. The van der Waals surface area contributed by atoms with Crippen molar-refractivity contribution in [3.05, 3.63) is 59.4 Å². The van der Waals surface area contributed by atoms with Gasteiger partial charge in [-0.3, -0.25) is 4.78 Å². The van der Waals surface area contributed by atoms with E-state index in [0.717, 1.165) is 52.3 Å². The average molecular weight is 350 g/mol. The minimum atomic E-state index is -0.126. The van der Waals surface area contributed by atoms with Crippen molar-refractivity contribution in [1.29, 1.82) is 4.78 Å². The summed E-state index contributed by atoms with van der Waals surface area (Å²) in [7, 11) is -0.126. The van der Waals surface area contributed by atoms with Gasteiger partial charge in [-0.25, -0.2) is 9.97 Å². The molecule has 4 heteroatoms. The van der Waals surface area contributed by atoms with E-state index in [1.807, 2.05) is 6.92 Å². The molecule has 4 rings (SSSR count). The lowest BCUT2D eigenvalue weighted by molar-refractivity contribution is 0.634. The largest absolute Gasteiger partial charge is 0.280 e. The van der Waals surface area contributed by atoms with Crippen molar-refractivity contribution in [2.75, 3.05) is 11.5 Å². The summed E-state index contributed by atoms with van der Waals surface area (Å²) in [4.78, 5) is 9.41. The maximum absolute atomic E-state index is 7.95. The molecule has 1 fully saturated rings. The highest BCUT2D eigenvalue weighted by molar-refractivity contribution is 7.86. The molecule has 0 saturated carbocycles. The van der Waals surface area contributed by atoms with Crippen molar-refractivity contribution < 1.29 is 0 Å². The van der Waals surface area contributed by atoms with Crippen LogP contribution in [-0.4, -0.2) is 21.5 Å². The van der Waals surface area contributed by atoms with E-state index in [-0.39, 0.29) is 10.7 Å². The zero-order valence-electron chi connectivity index (χ0n) is 14.7. The molecule has 1 saturated heterocycles. The van der Waals surface area contributed by atoms with Gasteiger partial charge in [0.05, 0.1) is 11.2 Å². The summed E-state index contributed by atoms with van der Waals surface area (Å²) >= 11 is 0. The monoisotopic (exact) mass is 349 g/mol. The van der Waals surface area contributed by atoms with Crippen LogP contribution in [0.25, 0.3) is 22.2 Å². The predicted octanol–water partition coefficient (Wildman–Crippen LogP) is 5.17. The van der Waals surface area contributed by atoms with Gasteiger partial charge in [0.2, 0.25) is 0 Å². The highest BCUT2D eigenvalue weighted by Gasteiger charge is 2.19. The van der Waals surface area contributed by atoms with E-state index in [1.54, 1.807) is 0 Å². The Hall–Kier alpha value is -2.07. The van der Waals surface area contributed by atoms with Crippen LogP contribution < -0.4 is 0 Å². The number of hydrogen-bond donors (Lipinski definition) is 1. The summed E-state index contributed by atoms with van der Waals surface area (Å²) < 4.78 is 7.95. The maximum atomic E-state index is 7.95. The number of rotatable bonds is 2. The Balaban J connectivity index is 1.84. The fourth-order valence-electron chi connectivity index (χ4n) is 3.68. The van der Waals surface area contributed by atoms with Crippen LogP contribution in [0.5, 0.6) is 0 Å². The zero-order chi connectivity index (χ0) is 17.4. The highest BCUT2D eigenvalue weighted by Crippen LogP contribution is 2.33. The van der Waals surface area contributed by atoms with Gasteiger partial charge in [-0.2, -0.15) is 0 Å². The van der Waals surface area contributed by atoms with E-state index in [2.05, 4.69) is 54.4 Å². The summed E-state index contributed by atoms with van der Waals surface area (Å²) in [6.07, 6.45) is 2.26. The molecule has 3 nitrogen and oxygen atoms in total. The van der Waals surface area contributed by atoms with Crippen molar-refractivity contribution in [3.63, 3.8) is 0 Å². The molecule has 0 amide bonds. The lowest BCUT2D eigenvalue weighted by atomic mass is 9.91. The smallest absolute Gasteiger partial charge is 0.126 e. The van der Waals surface area contributed by atoms with E-state index >= 15 is 0 Å². The van der Waals surface area contributed by atoms with Gasteiger partial charge in [-0.1, -0.05) is 29.8 Å². The molecule has 1 aromatic heterocycles. The molecule has 2 aromatic carbocycles. The van der Waals surface area contributed by atoms with Gasteiger partial charge in [-0.15, -0.1) is 10.7 Å². The first-order valence-electron chi connectivity index (χ1n) is 8.84. The van der Waals surface area contributed by atoms with Gasteiger partial charge in [-0.05, 0) is 56.4 Å². The molecule has 25 heavy (non-hydrogen) atoms. The van der Waals surface area contributed by atoms with Crippen molar-refractivity contribution in [1.82, 2.24) is 9.97 Å². The Morgan fingerprint density at radius 1 is 1.00 bits per heavy atom. The molecule has 0 atom stereocenters. The van der Waals surface area contributed by atoms with Crippen LogP contribution in [-0.2, 0) is 10.7 Å². The molecule has 0 radical (unpaired) electrons. The minimum Gasteiger partial charge on any atom is -0.280 e. The number of fused-ring (bicyclic) bond motifs is 1. The van der Waals surface area contributed by atoms with Crippen LogP contribution in [0, 0.1) is 18.6 Å². The second-order valence-electron chi connectivity index (χ2n) is 6.94. The summed E-state index contributed by atoms with van der Waals surface area (Å²) in [6, 6.07) is 15.2. The molecular formula is C21H23N3S. The Morgan fingerprint density at radius 3 is 2.56 bits per heavy atom. The Kier molecular flexibility index (Phi) is 4.38. The summed E-state index contributed by atoms with van der Waals surface area (Å²) in [5, 5.41) is 1.14. The molecule has 1 N–H and O–H groups in total. The number of aromatic nitrogens is 2. The fourth-order valence-corrected chi connectivity index (χ4v) is 5.02. The number of nitrogens with one attached hydrogen (secondary N) is 1. The third-order valence-corrected chi connectivity index (χ3v) is 6.48. The lowest BCUT2D eigenvalue weighted by Gasteiger charge is -2.23. The first kappa shape index (κ1) is 16.4. The van der Waals surface area contributed by atoms with Crippen LogP contribution in [0.1, 0.15) is 35.7 Å². The predicted molar refractivity (Wildman–Crippen MR) is 106 cm³/mol.